The van der Waals surface area contributed by atoms with Crippen molar-refractivity contribution in [1.29, 1.82) is 0 Å². The third-order valence-corrected chi connectivity index (χ3v) is 2.86. The van der Waals surface area contributed by atoms with Crippen LogP contribution in [-0.4, -0.2) is 4.98 Å². The molecule has 0 saturated heterocycles. The maximum atomic E-state index is 12.7. The minimum atomic E-state index is -0.487. The second kappa shape index (κ2) is 4.27. The second-order valence-electron chi connectivity index (χ2n) is 3.00. The molecule has 0 saturated carbocycles. The first-order valence-electron chi connectivity index (χ1n) is 4.44. The number of anilines is 2. The molecule has 78 valence electrons. The van der Waals surface area contributed by atoms with Crippen LogP contribution in [0.15, 0.2) is 29.6 Å². The van der Waals surface area contributed by atoms with Crippen molar-refractivity contribution >= 4 is 22.8 Å². The maximum absolute atomic E-state index is 12.7. The van der Waals surface area contributed by atoms with Crippen LogP contribution in [0.3, 0.4) is 0 Å². The van der Waals surface area contributed by atoms with Gasteiger partial charge in [0.1, 0.15) is 5.82 Å². The van der Waals surface area contributed by atoms with E-state index >= 15 is 0 Å². The Hall–Kier alpha value is -1.62. The topological polar surface area (TPSA) is 50.9 Å². The zero-order valence-corrected chi connectivity index (χ0v) is 8.72. The lowest BCUT2D eigenvalue weighted by Crippen LogP contribution is -2.02. The van der Waals surface area contributed by atoms with Crippen molar-refractivity contribution in [3.63, 3.8) is 0 Å². The Labute approximate surface area is 90.8 Å². The summed E-state index contributed by atoms with van der Waals surface area (Å²) in [7, 11) is 0. The predicted molar refractivity (Wildman–Crippen MR) is 60.3 cm³/mol. The number of pyridine rings is 1. The molecular formula is C10H10FN3S. The minimum Gasteiger partial charge on any atom is -0.398 e. The fourth-order valence-corrected chi connectivity index (χ4v) is 1.91. The van der Waals surface area contributed by atoms with Gasteiger partial charge >= 0.3 is 0 Å². The summed E-state index contributed by atoms with van der Waals surface area (Å²) in [6.07, 6.45) is 0. The molecule has 0 aliphatic rings. The molecule has 0 bridgehead atoms. The van der Waals surface area contributed by atoms with E-state index in [0.717, 1.165) is 10.6 Å². The van der Waals surface area contributed by atoms with Gasteiger partial charge in [-0.25, -0.2) is 4.98 Å². The Morgan fingerprint density at radius 3 is 2.93 bits per heavy atom. The Bertz CT molecular complexity index is 455. The van der Waals surface area contributed by atoms with Crippen LogP contribution in [0.4, 0.5) is 15.9 Å². The van der Waals surface area contributed by atoms with Crippen LogP contribution >= 0.6 is 11.3 Å². The van der Waals surface area contributed by atoms with Gasteiger partial charge in [-0.1, -0.05) is 6.07 Å². The van der Waals surface area contributed by atoms with Crippen LogP contribution in [0.25, 0.3) is 0 Å². The number of aromatic nitrogens is 1. The molecule has 2 aromatic heterocycles. The fourth-order valence-electron chi connectivity index (χ4n) is 1.17. The standard InChI is InChI=1S/C10H10FN3S/c11-9-2-1-3-10(14-9)13-6-8-7(12)4-5-15-8/h1-5H,6,12H2,(H,13,14). The fraction of sp³-hybridized carbons (Fsp3) is 0.100. The Kier molecular flexibility index (Phi) is 2.82. The molecule has 5 heteroatoms. The highest BCUT2D eigenvalue weighted by Crippen LogP contribution is 2.19. The quantitative estimate of drug-likeness (QED) is 0.786. The van der Waals surface area contributed by atoms with E-state index < -0.39 is 5.95 Å². The predicted octanol–water partition coefficient (Wildman–Crippen LogP) is 2.48. The summed E-state index contributed by atoms with van der Waals surface area (Å²) in [4.78, 5) is 4.72. The smallest absolute Gasteiger partial charge is 0.214 e. The number of nitrogen functional groups attached to an aromatic ring is 1. The van der Waals surface area contributed by atoms with Gasteiger partial charge < -0.3 is 11.1 Å². The summed E-state index contributed by atoms with van der Waals surface area (Å²) < 4.78 is 12.7. The first-order valence-corrected chi connectivity index (χ1v) is 5.32. The van der Waals surface area contributed by atoms with Gasteiger partial charge in [0.25, 0.3) is 0 Å². The number of hydrogen-bond acceptors (Lipinski definition) is 4. The summed E-state index contributed by atoms with van der Waals surface area (Å²) in [6.45, 7) is 0.569. The summed E-state index contributed by atoms with van der Waals surface area (Å²) in [6, 6.07) is 6.49. The molecule has 3 N–H and O–H groups in total. The average Bonchev–Trinajstić information content (AvgIpc) is 2.61. The molecule has 2 aromatic rings. The van der Waals surface area contributed by atoms with E-state index in [2.05, 4.69) is 10.3 Å². The van der Waals surface area contributed by atoms with E-state index in [0.29, 0.717) is 12.4 Å². The average molecular weight is 223 g/mol. The van der Waals surface area contributed by atoms with E-state index in [4.69, 9.17) is 5.73 Å². The van der Waals surface area contributed by atoms with Crippen LogP contribution in [0.5, 0.6) is 0 Å². The molecule has 0 atom stereocenters. The molecule has 0 fully saturated rings. The third kappa shape index (κ3) is 2.44. The van der Waals surface area contributed by atoms with E-state index in [9.17, 15) is 4.39 Å². The van der Waals surface area contributed by atoms with Crippen molar-refractivity contribution in [2.24, 2.45) is 0 Å². The number of nitrogens with two attached hydrogens (primary N) is 1. The van der Waals surface area contributed by atoms with E-state index in [-0.39, 0.29) is 0 Å². The minimum absolute atomic E-state index is 0.487. The zero-order chi connectivity index (χ0) is 10.7. The van der Waals surface area contributed by atoms with Crippen molar-refractivity contribution in [3.8, 4) is 0 Å². The van der Waals surface area contributed by atoms with Crippen LogP contribution in [0.1, 0.15) is 4.88 Å². The van der Waals surface area contributed by atoms with Gasteiger partial charge in [-0.15, -0.1) is 11.3 Å². The number of halogens is 1. The zero-order valence-electron chi connectivity index (χ0n) is 7.90. The molecule has 3 nitrogen and oxygen atoms in total. The monoisotopic (exact) mass is 223 g/mol. The maximum Gasteiger partial charge on any atom is 0.214 e. The molecule has 0 aliphatic heterocycles. The van der Waals surface area contributed by atoms with Gasteiger partial charge in [-0.2, -0.15) is 4.39 Å². The second-order valence-corrected chi connectivity index (χ2v) is 4.00. The molecular weight excluding hydrogens is 213 g/mol. The lowest BCUT2D eigenvalue weighted by Gasteiger charge is -2.04. The van der Waals surface area contributed by atoms with Crippen LogP contribution < -0.4 is 11.1 Å². The van der Waals surface area contributed by atoms with Gasteiger partial charge in [0.2, 0.25) is 5.95 Å². The van der Waals surface area contributed by atoms with Crippen molar-refractivity contribution in [2.75, 3.05) is 11.1 Å². The van der Waals surface area contributed by atoms with Crippen molar-refractivity contribution in [3.05, 3.63) is 40.5 Å². The highest BCUT2D eigenvalue weighted by molar-refractivity contribution is 7.10. The number of rotatable bonds is 3. The largest absolute Gasteiger partial charge is 0.398 e. The lowest BCUT2D eigenvalue weighted by molar-refractivity contribution is 0.585. The van der Waals surface area contributed by atoms with Gasteiger partial charge in [-0.3, -0.25) is 0 Å². The highest BCUT2D eigenvalue weighted by Gasteiger charge is 2.01. The molecule has 2 rings (SSSR count). The summed E-state index contributed by atoms with van der Waals surface area (Å²) >= 11 is 1.56. The van der Waals surface area contributed by atoms with E-state index in [1.165, 1.54) is 6.07 Å². The Balaban J connectivity index is 2.02. The first-order chi connectivity index (χ1) is 7.25. The van der Waals surface area contributed by atoms with Crippen LogP contribution in [0.2, 0.25) is 0 Å². The highest BCUT2D eigenvalue weighted by atomic mass is 32.1. The number of nitrogens with zero attached hydrogens (tertiary/aromatic N) is 1. The number of thiophene rings is 1. The van der Waals surface area contributed by atoms with Crippen molar-refractivity contribution in [1.82, 2.24) is 4.98 Å². The molecule has 0 unspecified atom stereocenters. The normalized spacial score (nSPS) is 10.2. The number of hydrogen-bond donors (Lipinski definition) is 2. The van der Waals surface area contributed by atoms with Gasteiger partial charge in [0.05, 0.1) is 6.54 Å². The first kappa shape index (κ1) is 9.92. The molecule has 0 amide bonds. The number of nitrogens with one attached hydrogen (secondary N) is 1. The molecule has 2 heterocycles. The molecule has 0 aliphatic carbocycles. The van der Waals surface area contributed by atoms with Crippen molar-refractivity contribution < 1.29 is 4.39 Å². The molecule has 0 aromatic carbocycles. The van der Waals surface area contributed by atoms with Crippen molar-refractivity contribution in [2.45, 2.75) is 6.54 Å². The third-order valence-electron chi connectivity index (χ3n) is 1.93. The van der Waals surface area contributed by atoms with E-state index in [1.807, 2.05) is 11.4 Å². The van der Waals surface area contributed by atoms with Crippen LogP contribution in [0, 0.1) is 5.95 Å². The summed E-state index contributed by atoms with van der Waals surface area (Å²) in [5, 5.41) is 4.93. The molecule has 0 spiro atoms. The lowest BCUT2D eigenvalue weighted by atomic mass is 10.4. The molecule has 15 heavy (non-hydrogen) atoms. The Morgan fingerprint density at radius 1 is 1.40 bits per heavy atom. The van der Waals surface area contributed by atoms with E-state index in [1.54, 1.807) is 23.5 Å². The molecule has 0 radical (unpaired) electrons. The van der Waals surface area contributed by atoms with Crippen LogP contribution in [-0.2, 0) is 6.54 Å². The Morgan fingerprint density at radius 2 is 2.27 bits per heavy atom. The van der Waals surface area contributed by atoms with Gasteiger partial charge in [0.15, 0.2) is 0 Å². The van der Waals surface area contributed by atoms with Gasteiger partial charge in [-0.05, 0) is 23.6 Å². The van der Waals surface area contributed by atoms with Gasteiger partial charge in [0, 0.05) is 10.6 Å². The summed E-state index contributed by atoms with van der Waals surface area (Å²) in [5.74, 6) is 0.0296. The summed E-state index contributed by atoms with van der Waals surface area (Å²) in [5.41, 5.74) is 6.46. The SMILES string of the molecule is Nc1ccsc1CNc1cccc(F)n1.